The van der Waals surface area contributed by atoms with Crippen molar-refractivity contribution in [2.75, 3.05) is 0 Å². The average Bonchev–Trinajstić information content (AvgIpc) is 3.35. The zero-order valence-electron chi connectivity index (χ0n) is 16.5. The maximum absolute atomic E-state index is 12.6. The van der Waals surface area contributed by atoms with Crippen LogP contribution in [0.25, 0.3) is 22.2 Å². The van der Waals surface area contributed by atoms with Gasteiger partial charge in [-0.05, 0) is 54.0 Å². The van der Waals surface area contributed by atoms with Crippen molar-refractivity contribution < 1.29 is 14.7 Å². The third-order valence-electron chi connectivity index (χ3n) is 7.17. The molecule has 0 radical (unpaired) electrons. The van der Waals surface area contributed by atoms with Gasteiger partial charge >= 0.3 is 5.97 Å². The van der Waals surface area contributed by atoms with Gasteiger partial charge in [0.25, 0.3) is 0 Å². The third kappa shape index (κ3) is 2.63. The van der Waals surface area contributed by atoms with Gasteiger partial charge in [-0.15, -0.1) is 0 Å². The van der Waals surface area contributed by atoms with E-state index >= 15 is 0 Å². The first-order valence-electron chi connectivity index (χ1n) is 10.3. The van der Waals surface area contributed by atoms with Gasteiger partial charge in [-0.3, -0.25) is 19.6 Å². The van der Waals surface area contributed by atoms with Crippen molar-refractivity contribution in [3.8, 4) is 11.1 Å². The number of carboxylic acids is 1. The molecule has 152 valence electrons. The van der Waals surface area contributed by atoms with E-state index in [-0.39, 0.29) is 5.92 Å². The fourth-order valence-corrected chi connectivity index (χ4v) is 5.50. The minimum Gasteiger partial charge on any atom is -0.481 e. The van der Waals surface area contributed by atoms with Gasteiger partial charge in [-0.25, -0.2) is 0 Å². The fourth-order valence-electron chi connectivity index (χ4n) is 5.50. The molecule has 0 bridgehead atoms. The molecule has 30 heavy (non-hydrogen) atoms. The van der Waals surface area contributed by atoms with Crippen LogP contribution in [0.5, 0.6) is 0 Å². The quantitative estimate of drug-likeness (QED) is 0.678. The summed E-state index contributed by atoms with van der Waals surface area (Å²) in [6.45, 7) is 0. The van der Waals surface area contributed by atoms with Gasteiger partial charge in [0.2, 0.25) is 5.91 Å². The molecule has 1 aromatic heterocycles. The Kier molecular flexibility index (Phi) is 4.13. The SMILES string of the molecule is NC(=O)C1(c2cccc(-c3ccc4nccnc4c3)c2)CC1C1(C(=O)O)CCCC1. The first-order valence-corrected chi connectivity index (χ1v) is 10.3. The normalized spacial score (nSPS) is 24.6. The molecule has 3 aromatic rings. The maximum Gasteiger partial charge on any atom is 0.309 e. The highest BCUT2D eigenvalue weighted by Crippen LogP contribution is 2.66. The molecular formula is C24H23N3O3. The Morgan fingerprint density at radius 1 is 0.967 bits per heavy atom. The first-order chi connectivity index (χ1) is 14.5. The number of rotatable bonds is 5. The van der Waals surface area contributed by atoms with E-state index in [9.17, 15) is 14.7 Å². The van der Waals surface area contributed by atoms with Crippen molar-refractivity contribution in [1.82, 2.24) is 9.97 Å². The molecule has 3 N–H and O–H groups in total. The van der Waals surface area contributed by atoms with Gasteiger partial charge in [0.1, 0.15) is 0 Å². The van der Waals surface area contributed by atoms with Crippen molar-refractivity contribution in [3.05, 3.63) is 60.4 Å². The second-order valence-corrected chi connectivity index (χ2v) is 8.60. The first kappa shape index (κ1) is 18.7. The highest BCUT2D eigenvalue weighted by atomic mass is 16.4. The van der Waals surface area contributed by atoms with Crippen LogP contribution < -0.4 is 5.73 Å². The number of hydrogen-bond acceptors (Lipinski definition) is 4. The minimum atomic E-state index is -0.907. The lowest BCUT2D eigenvalue weighted by molar-refractivity contribution is -0.150. The topological polar surface area (TPSA) is 106 Å². The number of carbonyl (C=O) groups excluding carboxylic acids is 1. The van der Waals surface area contributed by atoms with Crippen LogP contribution >= 0.6 is 0 Å². The Morgan fingerprint density at radius 3 is 2.37 bits per heavy atom. The van der Waals surface area contributed by atoms with E-state index in [0.29, 0.717) is 19.3 Å². The number of primary amides is 1. The summed E-state index contributed by atoms with van der Waals surface area (Å²) < 4.78 is 0. The molecule has 2 unspecified atom stereocenters. The summed E-state index contributed by atoms with van der Waals surface area (Å²) in [4.78, 5) is 33.5. The van der Waals surface area contributed by atoms with E-state index in [1.807, 2.05) is 42.5 Å². The summed E-state index contributed by atoms with van der Waals surface area (Å²) in [5.41, 5.74) is 8.48. The Balaban J connectivity index is 1.56. The zero-order chi connectivity index (χ0) is 20.9. The molecule has 2 aliphatic rings. The van der Waals surface area contributed by atoms with Crippen LogP contribution in [0.1, 0.15) is 37.7 Å². The Hall–Kier alpha value is -3.28. The summed E-state index contributed by atoms with van der Waals surface area (Å²) in [6, 6.07) is 13.6. The summed E-state index contributed by atoms with van der Waals surface area (Å²) in [6.07, 6.45) is 6.82. The number of amides is 1. The highest BCUT2D eigenvalue weighted by Gasteiger charge is 2.70. The monoisotopic (exact) mass is 401 g/mol. The lowest BCUT2D eigenvalue weighted by Gasteiger charge is -2.27. The molecule has 2 saturated carbocycles. The van der Waals surface area contributed by atoms with E-state index in [0.717, 1.165) is 40.6 Å². The molecule has 0 saturated heterocycles. The number of fused-ring (bicyclic) bond motifs is 1. The molecule has 1 amide bonds. The average molecular weight is 401 g/mol. The molecule has 2 atom stereocenters. The molecule has 2 fully saturated rings. The molecule has 6 nitrogen and oxygen atoms in total. The maximum atomic E-state index is 12.6. The lowest BCUT2D eigenvalue weighted by atomic mass is 9.75. The fraction of sp³-hybridized carbons (Fsp3) is 0.333. The molecule has 2 aliphatic carbocycles. The van der Waals surface area contributed by atoms with Gasteiger partial charge in [-0.1, -0.05) is 43.2 Å². The number of hydrogen-bond donors (Lipinski definition) is 2. The van der Waals surface area contributed by atoms with E-state index in [2.05, 4.69) is 9.97 Å². The van der Waals surface area contributed by atoms with Crippen LogP contribution in [-0.2, 0) is 15.0 Å². The van der Waals surface area contributed by atoms with Gasteiger partial charge in [0.05, 0.1) is 21.9 Å². The molecule has 1 heterocycles. The van der Waals surface area contributed by atoms with Gasteiger partial charge in [0, 0.05) is 12.4 Å². The molecule has 2 aromatic carbocycles. The number of aliphatic carboxylic acids is 1. The lowest BCUT2D eigenvalue weighted by Crippen LogP contribution is -2.39. The molecule has 6 heteroatoms. The molecule has 0 aliphatic heterocycles. The molecule has 5 rings (SSSR count). The predicted octanol–water partition coefficient (Wildman–Crippen LogP) is 3.68. The summed E-state index contributed by atoms with van der Waals surface area (Å²) in [5.74, 6) is -1.47. The van der Waals surface area contributed by atoms with Gasteiger partial charge in [-0.2, -0.15) is 0 Å². The number of benzene rings is 2. The molecule has 0 spiro atoms. The van der Waals surface area contributed by atoms with E-state index in [4.69, 9.17) is 5.73 Å². The Labute approximate surface area is 174 Å². The van der Waals surface area contributed by atoms with Crippen molar-refractivity contribution in [2.24, 2.45) is 17.1 Å². The summed E-state index contributed by atoms with van der Waals surface area (Å²) >= 11 is 0. The smallest absolute Gasteiger partial charge is 0.309 e. The number of nitrogens with two attached hydrogens (primary N) is 1. The number of nitrogens with zero attached hydrogens (tertiary/aromatic N) is 2. The Morgan fingerprint density at radius 2 is 1.67 bits per heavy atom. The Bertz CT molecular complexity index is 1170. The number of aromatic nitrogens is 2. The largest absolute Gasteiger partial charge is 0.481 e. The second kappa shape index (κ2) is 6.62. The minimum absolute atomic E-state index is 0.250. The summed E-state index contributed by atoms with van der Waals surface area (Å²) in [7, 11) is 0. The van der Waals surface area contributed by atoms with Crippen LogP contribution in [0.15, 0.2) is 54.9 Å². The molecular weight excluding hydrogens is 378 g/mol. The van der Waals surface area contributed by atoms with Crippen LogP contribution in [-0.4, -0.2) is 27.0 Å². The predicted molar refractivity (Wildman–Crippen MR) is 112 cm³/mol. The van der Waals surface area contributed by atoms with E-state index in [1.54, 1.807) is 12.4 Å². The van der Waals surface area contributed by atoms with E-state index < -0.39 is 22.7 Å². The number of carbonyl (C=O) groups is 2. The number of carboxylic acid groups (broad SMARTS) is 1. The summed E-state index contributed by atoms with van der Waals surface area (Å²) in [5, 5.41) is 10.0. The van der Waals surface area contributed by atoms with Crippen LogP contribution in [0, 0.1) is 11.3 Å². The third-order valence-corrected chi connectivity index (χ3v) is 7.17. The van der Waals surface area contributed by atoms with Crippen molar-refractivity contribution >= 4 is 22.9 Å². The van der Waals surface area contributed by atoms with Crippen LogP contribution in [0.3, 0.4) is 0 Å². The van der Waals surface area contributed by atoms with Gasteiger partial charge in [0.15, 0.2) is 0 Å². The zero-order valence-corrected chi connectivity index (χ0v) is 16.5. The van der Waals surface area contributed by atoms with Crippen LogP contribution in [0.2, 0.25) is 0 Å². The van der Waals surface area contributed by atoms with Crippen molar-refractivity contribution in [2.45, 2.75) is 37.5 Å². The second-order valence-electron chi connectivity index (χ2n) is 8.60. The van der Waals surface area contributed by atoms with Gasteiger partial charge < -0.3 is 10.8 Å². The van der Waals surface area contributed by atoms with E-state index in [1.165, 1.54) is 0 Å². The standard InChI is InChI=1S/C24H23N3O3/c25-21(28)24(14-20(24)23(22(29)30)8-1-2-9-23)17-5-3-4-15(12-17)16-6-7-18-19(13-16)27-11-10-26-18/h3-7,10-13,20H,1-2,8-9,14H2,(H2,25,28)(H,29,30). The van der Waals surface area contributed by atoms with Crippen LogP contribution in [0.4, 0.5) is 0 Å². The highest BCUT2D eigenvalue weighted by molar-refractivity contribution is 5.93. The van der Waals surface area contributed by atoms with Crippen molar-refractivity contribution in [3.63, 3.8) is 0 Å². The van der Waals surface area contributed by atoms with Crippen molar-refractivity contribution in [1.29, 1.82) is 0 Å².